The molecule has 0 saturated carbocycles. The molecule has 20 heavy (non-hydrogen) atoms. The van der Waals surface area contributed by atoms with Crippen LogP contribution in [0.5, 0.6) is 5.75 Å². The van der Waals surface area contributed by atoms with E-state index in [2.05, 4.69) is 0 Å². The predicted molar refractivity (Wildman–Crippen MR) is 75.2 cm³/mol. The van der Waals surface area contributed by atoms with Crippen LogP contribution in [0.15, 0.2) is 35.4 Å². The van der Waals surface area contributed by atoms with Gasteiger partial charge in [-0.15, -0.1) is 0 Å². The third-order valence-electron chi connectivity index (χ3n) is 4.43. The number of hydrogen-bond donors (Lipinski definition) is 1. The van der Waals surface area contributed by atoms with Crippen molar-refractivity contribution in [2.75, 3.05) is 4.90 Å². The standard InChI is InChI=1S/C16H17NO3/c1-9-6-13-14(7-10(9)2)16(20)17(15(13)19)11-4-3-5-12(18)8-11/h3-5,8,13-14,18H,6-7H2,1-2H3/t13-,14+. The minimum absolute atomic E-state index is 0.0588. The van der Waals surface area contributed by atoms with Crippen LogP contribution >= 0.6 is 0 Å². The highest BCUT2D eigenvalue weighted by molar-refractivity contribution is 6.22. The summed E-state index contributed by atoms with van der Waals surface area (Å²) in [6.45, 7) is 4.06. The Morgan fingerprint density at radius 2 is 1.60 bits per heavy atom. The molecular weight excluding hydrogens is 254 g/mol. The Labute approximate surface area is 117 Å². The summed E-state index contributed by atoms with van der Waals surface area (Å²) in [4.78, 5) is 26.3. The molecule has 4 heteroatoms. The van der Waals surface area contributed by atoms with E-state index in [1.54, 1.807) is 12.1 Å². The highest BCUT2D eigenvalue weighted by Gasteiger charge is 2.49. The summed E-state index contributed by atoms with van der Waals surface area (Å²) in [7, 11) is 0. The number of fused-ring (bicyclic) bond motifs is 1. The molecule has 1 aromatic rings. The lowest BCUT2D eigenvalue weighted by atomic mass is 9.78. The molecule has 2 atom stereocenters. The van der Waals surface area contributed by atoms with Gasteiger partial charge >= 0.3 is 0 Å². The number of amides is 2. The first-order valence-electron chi connectivity index (χ1n) is 6.81. The summed E-state index contributed by atoms with van der Waals surface area (Å²) >= 11 is 0. The minimum atomic E-state index is -0.242. The molecule has 2 aliphatic rings. The van der Waals surface area contributed by atoms with E-state index in [1.807, 2.05) is 13.8 Å². The fourth-order valence-corrected chi connectivity index (χ4v) is 3.14. The van der Waals surface area contributed by atoms with Crippen LogP contribution in [0.4, 0.5) is 5.69 Å². The maximum atomic E-state index is 12.5. The maximum Gasteiger partial charge on any atom is 0.238 e. The van der Waals surface area contributed by atoms with Gasteiger partial charge in [0.25, 0.3) is 0 Å². The Bertz CT molecular complexity index is 600. The number of carbonyl (C=O) groups is 2. The molecule has 1 fully saturated rings. The van der Waals surface area contributed by atoms with Crippen molar-refractivity contribution < 1.29 is 14.7 Å². The van der Waals surface area contributed by atoms with Crippen LogP contribution < -0.4 is 4.90 Å². The van der Waals surface area contributed by atoms with E-state index in [-0.39, 0.29) is 29.4 Å². The van der Waals surface area contributed by atoms with Crippen LogP contribution in [0.1, 0.15) is 26.7 Å². The average molecular weight is 271 g/mol. The quantitative estimate of drug-likeness (QED) is 0.631. The van der Waals surface area contributed by atoms with Crippen LogP contribution in [0, 0.1) is 11.8 Å². The van der Waals surface area contributed by atoms with Crippen LogP contribution in [0.25, 0.3) is 0 Å². The summed E-state index contributed by atoms with van der Waals surface area (Å²) in [5, 5.41) is 9.53. The SMILES string of the molecule is CC1=C(C)C[C@H]2C(=O)N(c3cccc(O)c3)C(=O)[C@H]2C1. The van der Waals surface area contributed by atoms with Crippen molar-refractivity contribution in [3.05, 3.63) is 35.4 Å². The molecule has 1 aromatic carbocycles. The topological polar surface area (TPSA) is 57.6 Å². The van der Waals surface area contributed by atoms with Gasteiger partial charge in [0.2, 0.25) is 11.8 Å². The van der Waals surface area contributed by atoms with Crippen molar-refractivity contribution in [1.82, 2.24) is 0 Å². The Hall–Kier alpha value is -2.10. The Balaban J connectivity index is 1.98. The van der Waals surface area contributed by atoms with E-state index < -0.39 is 0 Å². The van der Waals surface area contributed by atoms with Crippen LogP contribution in [0.2, 0.25) is 0 Å². The van der Waals surface area contributed by atoms with Crippen molar-refractivity contribution in [1.29, 1.82) is 0 Å². The maximum absolute atomic E-state index is 12.5. The summed E-state index contributed by atoms with van der Waals surface area (Å²) in [6, 6.07) is 6.31. The van der Waals surface area contributed by atoms with E-state index >= 15 is 0 Å². The van der Waals surface area contributed by atoms with Crippen molar-refractivity contribution in [3.8, 4) is 5.75 Å². The van der Waals surface area contributed by atoms with Crippen LogP contribution in [-0.4, -0.2) is 16.9 Å². The lowest BCUT2D eigenvalue weighted by molar-refractivity contribution is -0.122. The highest BCUT2D eigenvalue weighted by atomic mass is 16.3. The first-order valence-corrected chi connectivity index (χ1v) is 6.81. The van der Waals surface area contributed by atoms with Crippen molar-refractivity contribution >= 4 is 17.5 Å². The smallest absolute Gasteiger partial charge is 0.238 e. The first kappa shape index (κ1) is 12.9. The van der Waals surface area contributed by atoms with Crippen molar-refractivity contribution in [3.63, 3.8) is 0 Å². The van der Waals surface area contributed by atoms with E-state index in [1.165, 1.54) is 28.2 Å². The number of imide groups is 1. The van der Waals surface area contributed by atoms with E-state index in [0.717, 1.165) is 0 Å². The van der Waals surface area contributed by atoms with Gasteiger partial charge in [0.05, 0.1) is 17.5 Å². The van der Waals surface area contributed by atoms with Crippen molar-refractivity contribution in [2.45, 2.75) is 26.7 Å². The molecule has 104 valence electrons. The molecule has 1 N–H and O–H groups in total. The van der Waals surface area contributed by atoms with Gasteiger partial charge < -0.3 is 5.11 Å². The normalized spacial score (nSPS) is 26.2. The number of allylic oxidation sites excluding steroid dienone is 2. The van der Waals surface area contributed by atoms with Crippen LogP contribution in [-0.2, 0) is 9.59 Å². The summed E-state index contributed by atoms with van der Waals surface area (Å²) in [5.41, 5.74) is 2.89. The fourth-order valence-electron chi connectivity index (χ4n) is 3.14. The molecule has 0 bridgehead atoms. The molecule has 1 aliphatic carbocycles. The Morgan fingerprint density at radius 3 is 2.10 bits per heavy atom. The van der Waals surface area contributed by atoms with Crippen molar-refractivity contribution in [2.24, 2.45) is 11.8 Å². The largest absolute Gasteiger partial charge is 0.508 e. The lowest BCUT2D eigenvalue weighted by Gasteiger charge is -2.23. The fraction of sp³-hybridized carbons (Fsp3) is 0.375. The van der Waals surface area contributed by atoms with E-state index in [4.69, 9.17) is 0 Å². The molecular formula is C16H17NO3. The average Bonchev–Trinajstić information content (AvgIpc) is 2.63. The van der Waals surface area contributed by atoms with E-state index in [0.29, 0.717) is 18.5 Å². The van der Waals surface area contributed by atoms with Crippen LogP contribution in [0.3, 0.4) is 0 Å². The summed E-state index contributed by atoms with van der Waals surface area (Å²) in [6.07, 6.45) is 1.33. The molecule has 0 radical (unpaired) electrons. The number of rotatable bonds is 1. The van der Waals surface area contributed by atoms with Gasteiger partial charge in [-0.05, 0) is 38.8 Å². The molecule has 0 spiro atoms. The van der Waals surface area contributed by atoms with Gasteiger partial charge in [0.15, 0.2) is 0 Å². The van der Waals surface area contributed by atoms with Gasteiger partial charge in [0.1, 0.15) is 5.75 Å². The first-order chi connectivity index (χ1) is 9.49. The number of phenolic OH excluding ortho intramolecular Hbond substituents is 1. The monoisotopic (exact) mass is 271 g/mol. The molecule has 2 amide bonds. The number of hydrogen-bond acceptors (Lipinski definition) is 3. The van der Waals surface area contributed by atoms with Gasteiger partial charge in [-0.2, -0.15) is 0 Å². The molecule has 0 aromatic heterocycles. The third-order valence-corrected chi connectivity index (χ3v) is 4.43. The second kappa shape index (κ2) is 4.47. The third kappa shape index (κ3) is 1.83. The Kier molecular flexibility index (Phi) is 2.89. The highest BCUT2D eigenvalue weighted by Crippen LogP contribution is 2.42. The van der Waals surface area contributed by atoms with Gasteiger partial charge in [-0.25, -0.2) is 4.90 Å². The zero-order valence-electron chi connectivity index (χ0n) is 11.6. The van der Waals surface area contributed by atoms with Gasteiger partial charge in [-0.1, -0.05) is 17.2 Å². The molecule has 1 saturated heterocycles. The lowest BCUT2D eigenvalue weighted by Crippen LogP contribution is -2.30. The number of carbonyl (C=O) groups excluding carboxylic acids is 2. The second-order valence-electron chi connectivity index (χ2n) is 5.71. The minimum Gasteiger partial charge on any atom is -0.508 e. The van der Waals surface area contributed by atoms with Gasteiger partial charge in [-0.3, -0.25) is 9.59 Å². The number of benzene rings is 1. The van der Waals surface area contributed by atoms with Gasteiger partial charge in [0, 0.05) is 6.07 Å². The summed E-state index contributed by atoms with van der Waals surface area (Å²) < 4.78 is 0. The second-order valence-corrected chi connectivity index (χ2v) is 5.71. The zero-order valence-corrected chi connectivity index (χ0v) is 11.6. The predicted octanol–water partition coefficient (Wildman–Crippen LogP) is 2.63. The zero-order chi connectivity index (χ0) is 14.4. The number of aromatic hydroxyl groups is 1. The summed E-state index contributed by atoms with van der Waals surface area (Å²) in [5.74, 6) is -0.708. The number of nitrogens with zero attached hydrogens (tertiary/aromatic N) is 1. The Morgan fingerprint density at radius 1 is 1.05 bits per heavy atom. The number of anilines is 1. The molecule has 1 heterocycles. The number of phenols is 1. The molecule has 0 unspecified atom stereocenters. The van der Waals surface area contributed by atoms with E-state index in [9.17, 15) is 14.7 Å². The molecule has 1 aliphatic heterocycles. The molecule has 3 rings (SSSR count). The molecule has 4 nitrogen and oxygen atoms in total.